The number of ether oxygens (including phenoxy) is 2. The molecular formula is C25H21N3O3S2. The van der Waals surface area contributed by atoms with E-state index in [1.807, 2.05) is 66.0 Å². The molecule has 4 aromatic rings. The van der Waals surface area contributed by atoms with Crippen LogP contribution in [0.2, 0.25) is 0 Å². The van der Waals surface area contributed by atoms with Crippen LogP contribution in [0.15, 0.2) is 84.2 Å². The Labute approximate surface area is 201 Å². The first-order chi connectivity index (χ1) is 16.1. The fourth-order valence-corrected chi connectivity index (χ4v) is 3.98. The Morgan fingerprint density at radius 2 is 1.79 bits per heavy atom. The maximum Gasteiger partial charge on any atom is 0.257 e. The molecule has 8 heteroatoms. The molecule has 33 heavy (non-hydrogen) atoms. The van der Waals surface area contributed by atoms with Gasteiger partial charge in [0.15, 0.2) is 10.2 Å². The third-order valence-electron chi connectivity index (χ3n) is 4.68. The van der Waals surface area contributed by atoms with E-state index in [-0.39, 0.29) is 11.0 Å². The highest BCUT2D eigenvalue weighted by molar-refractivity contribution is 7.80. The second-order valence-corrected chi connectivity index (χ2v) is 8.24. The van der Waals surface area contributed by atoms with E-state index in [2.05, 4.69) is 15.6 Å². The Morgan fingerprint density at radius 3 is 2.55 bits per heavy atom. The zero-order chi connectivity index (χ0) is 23.0. The topological polar surface area (TPSA) is 72.5 Å². The van der Waals surface area contributed by atoms with Crippen LogP contribution in [0.25, 0.3) is 11.3 Å². The summed E-state index contributed by atoms with van der Waals surface area (Å²) in [6.07, 6.45) is 0. The Hall–Kier alpha value is -3.75. The summed E-state index contributed by atoms with van der Waals surface area (Å²) in [5.74, 6) is 1.06. The average Bonchev–Trinajstić information content (AvgIpc) is 3.32. The lowest BCUT2D eigenvalue weighted by Gasteiger charge is -2.10. The van der Waals surface area contributed by atoms with E-state index in [1.165, 1.54) is 11.3 Å². The number of carbonyl (C=O) groups excluding carboxylic acids is 1. The van der Waals surface area contributed by atoms with Gasteiger partial charge in [-0.25, -0.2) is 4.98 Å². The van der Waals surface area contributed by atoms with Gasteiger partial charge in [0.25, 0.3) is 5.91 Å². The van der Waals surface area contributed by atoms with Crippen molar-refractivity contribution in [1.29, 1.82) is 0 Å². The Morgan fingerprint density at radius 1 is 1.00 bits per heavy atom. The van der Waals surface area contributed by atoms with Crippen molar-refractivity contribution >= 4 is 39.7 Å². The lowest BCUT2D eigenvalue weighted by Crippen LogP contribution is -2.34. The first-order valence-corrected chi connectivity index (χ1v) is 11.4. The maximum atomic E-state index is 12.6. The van der Waals surface area contributed by atoms with Gasteiger partial charge in [-0.3, -0.25) is 10.1 Å². The molecule has 2 N–H and O–H groups in total. The van der Waals surface area contributed by atoms with Gasteiger partial charge in [-0.05, 0) is 60.2 Å². The molecule has 0 bridgehead atoms. The maximum absolute atomic E-state index is 12.6. The number of methoxy groups -OCH3 is 1. The van der Waals surface area contributed by atoms with E-state index in [0.717, 1.165) is 22.6 Å². The summed E-state index contributed by atoms with van der Waals surface area (Å²) in [6, 6.07) is 24.4. The molecule has 0 aliphatic heterocycles. The van der Waals surface area contributed by atoms with Gasteiger partial charge in [-0.1, -0.05) is 36.4 Å². The summed E-state index contributed by atoms with van der Waals surface area (Å²) in [7, 11) is 1.63. The Bertz CT molecular complexity index is 1240. The number of hydrogen-bond donors (Lipinski definition) is 2. The molecule has 0 atom stereocenters. The van der Waals surface area contributed by atoms with Crippen LogP contribution in [0.1, 0.15) is 15.9 Å². The summed E-state index contributed by atoms with van der Waals surface area (Å²) >= 11 is 6.70. The molecule has 0 saturated heterocycles. The third-order valence-corrected chi connectivity index (χ3v) is 5.64. The minimum atomic E-state index is -0.329. The average molecular weight is 476 g/mol. The summed E-state index contributed by atoms with van der Waals surface area (Å²) in [6.45, 7) is 0.423. The fraction of sp³-hybridized carbons (Fsp3) is 0.0800. The van der Waals surface area contributed by atoms with Crippen molar-refractivity contribution in [2.75, 3.05) is 12.4 Å². The van der Waals surface area contributed by atoms with Crippen LogP contribution in [-0.4, -0.2) is 23.1 Å². The Balaban J connectivity index is 1.33. The lowest BCUT2D eigenvalue weighted by atomic mass is 10.2. The zero-order valence-corrected chi connectivity index (χ0v) is 19.4. The van der Waals surface area contributed by atoms with Gasteiger partial charge in [0.1, 0.15) is 18.1 Å². The van der Waals surface area contributed by atoms with Crippen molar-refractivity contribution in [1.82, 2.24) is 10.3 Å². The van der Waals surface area contributed by atoms with Crippen molar-refractivity contribution in [2.24, 2.45) is 0 Å². The molecule has 1 aromatic heterocycles. The van der Waals surface area contributed by atoms with E-state index in [1.54, 1.807) is 25.3 Å². The van der Waals surface area contributed by atoms with E-state index < -0.39 is 0 Å². The van der Waals surface area contributed by atoms with E-state index in [4.69, 9.17) is 21.7 Å². The van der Waals surface area contributed by atoms with Crippen molar-refractivity contribution < 1.29 is 14.3 Å². The molecule has 0 aliphatic rings. The number of aromatic nitrogens is 1. The molecule has 0 unspecified atom stereocenters. The third kappa shape index (κ3) is 6.15. The summed E-state index contributed by atoms with van der Waals surface area (Å²) in [5, 5.41) is 8.33. The number of carbonyl (C=O) groups is 1. The first kappa shape index (κ1) is 22.4. The predicted molar refractivity (Wildman–Crippen MR) is 135 cm³/mol. The van der Waals surface area contributed by atoms with Gasteiger partial charge < -0.3 is 14.8 Å². The quantitative estimate of drug-likeness (QED) is 0.343. The highest BCUT2D eigenvalue weighted by atomic mass is 32.1. The SMILES string of the molecule is COc1ccc(-c2csc(NC(=S)NC(=O)c3cccc(OCc4ccccc4)c3)n2)cc1. The zero-order valence-electron chi connectivity index (χ0n) is 17.8. The molecule has 3 aromatic carbocycles. The number of thiocarbonyl (C=S) groups is 1. The molecule has 0 saturated carbocycles. The van der Waals surface area contributed by atoms with Gasteiger partial charge in [0.05, 0.1) is 12.8 Å². The molecule has 0 radical (unpaired) electrons. The monoisotopic (exact) mass is 475 g/mol. The second-order valence-electron chi connectivity index (χ2n) is 6.98. The predicted octanol–water partition coefficient (Wildman–Crippen LogP) is 5.52. The number of anilines is 1. The summed E-state index contributed by atoms with van der Waals surface area (Å²) in [4.78, 5) is 17.2. The normalized spacial score (nSPS) is 10.3. The van der Waals surface area contributed by atoms with Crippen LogP contribution >= 0.6 is 23.6 Å². The molecule has 4 rings (SSSR count). The van der Waals surface area contributed by atoms with Crippen LogP contribution in [-0.2, 0) is 6.61 Å². The molecule has 166 valence electrons. The minimum Gasteiger partial charge on any atom is -0.497 e. The minimum absolute atomic E-state index is 0.172. The first-order valence-electron chi connectivity index (χ1n) is 10.1. The fourth-order valence-electron chi connectivity index (χ4n) is 3.00. The van der Waals surface area contributed by atoms with Crippen molar-refractivity contribution in [3.05, 3.63) is 95.4 Å². The number of thiazole rings is 1. The number of benzene rings is 3. The van der Waals surface area contributed by atoms with Gasteiger partial charge >= 0.3 is 0 Å². The number of amides is 1. The lowest BCUT2D eigenvalue weighted by molar-refractivity contribution is 0.0977. The Kier molecular flexibility index (Phi) is 7.29. The van der Waals surface area contributed by atoms with E-state index in [9.17, 15) is 4.79 Å². The highest BCUT2D eigenvalue weighted by Gasteiger charge is 2.11. The van der Waals surface area contributed by atoms with Crippen LogP contribution < -0.4 is 20.1 Å². The highest BCUT2D eigenvalue weighted by Crippen LogP contribution is 2.26. The molecule has 6 nitrogen and oxygen atoms in total. The number of hydrogen-bond acceptors (Lipinski definition) is 6. The standard InChI is InChI=1S/C25H21N3O3S2/c1-30-20-12-10-18(11-13-20)22-16-33-25(26-22)28-24(32)27-23(29)19-8-5-9-21(14-19)31-15-17-6-3-2-4-7-17/h2-14,16H,15H2,1H3,(H2,26,27,28,29,32). The number of rotatable bonds is 7. The number of nitrogens with one attached hydrogen (secondary N) is 2. The van der Waals surface area contributed by atoms with Crippen LogP contribution in [0, 0.1) is 0 Å². The van der Waals surface area contributed by atoms with Crippen molar-refractivity contribution in [3.8, 4) is 22.8 Å². The largest absolute Gasteiger partial charge is 0.497 e. The summed E-state index contributed by atoms with van der Waals surface area (Å²) < 4.78 is 11.0. The molecule has 0 spiro atoms. The van der Waals surface area contributed by atoms with E-state index >= 15 is 0 Å². The molecule has 0 fully saturated rings. The van der Waals surface area contributed by atoms with Crippen molar-refractivity contribution in [3.63, 3.8) is 0 Å². The smallest absolute Gasteiger partial charge is 0.257 e. The number of nitrogens with zero attached hydrogens (tertiary/aromatic N) is 1. The van der Waals surface area contributed by atoms with Gasteiger partial charge in [-0.15, -0.1) is 11.3 Å². The molecule has 0 aliphatic carbocycles. The molecule has 1 heterocycles. The molecule has 1 amide bonds. The van der Waals surface area contributed by atoms with Crippen LogP contribution in [0.3, 0.4) is 0 Å². The summed E-state index contributed by atoms with van der Waals surface area (Å²) in [5.41, 5.74) is 3.27. The van der Waals surface area contributed by atoms with Crippen LogP contribution in [0.4, 0.5) is 5.13 Å². The van der Waals surface area contributed by atoms with Gasteiger partial charge in [0, 0.05) is 16.5 Å². The van der Waals surface area contributed by atoms with E-state index in [0.29, 0.717) is 23.1 Å². The van der Waals surface area contributed by atoms with Gasteiger partial charge in [-0.2, -0.15) is 0 Å². The second kappa shape index (κ2) is 10.7. The van der Waals surface area contributed by atoms with Gasteiger partial charge in [0.2, 0.25) is 0 Å². The van der Waals surface area contributed by atoms with Crippen LogP contribution in [0.5, 0.6) is 11.5 Å². The molecular weight excluding hydrogens is 454 g/mol. The van der Waals surface area contributed by atoms with Crippen molar-refractivity contribution in [2.45, 2.75) is 6.61 Å².